The summed E-state index contributed by atoms with van der Waals surface area (Å²) in [5.74, 6) is 0. The van der Waals surface area contributed by atoms with Crippen molar-refractivity contribution in [1.82, 2.24) is 9.88 Å². The molecule has 0 aromatic carbocycles. The maximum Gasteiger partial charge on any atom is 0.410 e. The predicted molar refractivity (Wildman–Crippen MR) is 73.2 cm³/mol. The van der Waals surface area contributed by atoms with Crippen molar-refractivity contribution in [3.63, 3.8) is 0 Å². The van der Waals surface area contributed by atoms with Crippen molar-refractivity contribution < 1.29 is 14.3 Å². The number of methoxy groups -OCH3 is 1. The number of aromatic nitrogens is 1. The standard InChI is InChI=1S/C13H20N2O3S/c1-8-11-10(14-7-19-11)9(17-5)6-15(8)12(16)18-13(2,3)4/h7-9H,6H2,1-5H3/t8-,9+/m1/s1. The van der Waals surface area contributed by atoms with Crippen molar-refractivity contribution in [3.05, 3.63) is 16.1 Å². The van der Waals surface area contributed by atoms with E-state index >= 15 is 0 Å². The Bertz CT molecular complexity index is 467. The van der Waals surface area contributed by atoms with Crippen LogP contribution < -0.4 is 0 Å². The average Bonchev–Trinajstić information content (AvgIpc) is 2.76. The monoisotopic (exact) mass is 284 g/mol. The average molecular weight is 284 g/mol. The topological polar surface area (TPSA) is 51.7 Å². The van der Waals surface area contributed by atoms with Gasteiger partial charge in [0.05, 0.1) is 28.7 Å². The third-order valence-electron chi connectivity index (χ3n) is 3.05. The van der Waals surface area contributed by atoms with Crippen molar-refractivity contribution in [2.45, 2.75) is 45.4 Å². The largest absolute Gasteiger partial charge is 0.444 e. The number of ether oxygens (including phenoxy) is 2. The second kappa shape index (κ2) is 5.09. The Morgan fingerprint density at radius 2 is 2.21 bits per heavy atom. The smallest absolute Gasteiger partial charge is 0.410 e. The number of rotatable bonds is 1. The molecule has 0 bridgehead atoms. The van der Waals surface area contributed by atoms with Crippen LogP contribution in [-0.2, 0) is 9.47 Å². The van der Waals surface area contributed by atoms with Gasteiger partial charge < -0.3 is 9.47 Å². The zero-order valence-corrected chi connectivity index (χ0v) is 12.8. The minimum atomic E-state index is -0.493. The zero-order valence-electron chi connectivity index (χ0n) is 12.0. The Hall–Kier alpha value is -1.14. The number of carbonyl (C=O) groups excluding carboxylic acids is 1. The van der Waals surface area contributed by atoms with Crippen LogP contribution in [0.15, 0.2) is 5.51 Å². The molecule has 1 aromatic rings. The van der Waals surface area contributed by atoms with Crippen LogP contribution in [0.1, 0.15) is 50.4 Å². The number of fused-ring (bicyclic) bond motifs is 1. The molecule has 1 aliphatic rings. The van der Waals surface area contributed by atoms with E-state index in [9.17, 15) is 4.79 Å². The van der Waals surface area contributed by atoms with Gasteiger partial charge in [-0.05, 0) is 27.7 Å². The molecular formula is C13H20N2O3S. The number of carbonyl (C=O) groups is 1. The maximum atomic E-state index is 12.2. The highest BCUT2D eigenvalue weighted by Gasteiger charge is 2.37. The van der Waals surface area contributed by atoms with Crippen molar-refractivity contribution in [3.8, 4) is 0 Å². The molecule has 0 saturated carbocycles. The van der Waals surface area contributed by atoms with Crippen LogP contribution in [0.5, 0.6) is 0 Å². The fourth-order valence-corrected chi connectivity index (χ4v) is 3.03. The molecular weight excluding hydrogens is 264 g/mol. The molecule has 2 atom stereocenters. The normalized spacial score (nSPS) is 23.1. The Morgan fingerprint density at radius 1 is 1.53 bits per heavy atom. The molecule has 0 spiro atoms. The molecule has 1 amide bonds. The second-order valence-electron chi connectivity index (χ2n) is 5.63. The minimum Gasteiger partial charge on any atom is -0.444 e. The highest BCUT2D eigenvalue weighted by atomic mass is 32.1. The van der Waals surface area contributed by atoms with E-state index in [1.165, 1.54) is 0 Å². The number of thiazole rings is 1. The first-order chi connectivity index (χ1) is 8.83. The van der Waals surface area contributed by atoms with Gasteiger partial charge in [0.2, 0.25) is 0 Å². The number of hydrogen-bond donors (Lipinski definition) is 0. The molecule has 0 unspecified atom stereocenters. The number of nitrogens with zero attached hydrogens (tertiary/aromatic N) is 2. The summed E-state index contributed by atoms with van der Waals surface area (Å²) in [7, 11) is 1.64. The second-order valence-corrected chi connectivity index (χ2v) is 6.52. The van der Waals surface area contributed by atoms with Crippen LogP contribution in [0.2, 0.25) is 0 Å². The van der Waals surface area contributed by atoms with Gasteiger partial charge in [-0.2, -0.15) is 0 Å². The summed E-state index contributed by atoms with van der Waals surface area (Å²) >= 11 is 1.55. The highest BCUT2D eigenvalue weighted by molar-refractivity contribution is 7.09. The Kier molecular flexibility index (Phi) is 3.82. The lowest BCUT2D eigenvalue weighted by Gasteiger charge is -2.37. The fraction of sp³-hybridized carbons (Fsp3) is 0.692. The molecule has 19 heavy (non-hydrogen) atoms. The Balaban J connectivity index is 2.22. The molecule has 0 N–H and O–H groups in total. The van der Waals surface area contributed by atoms with E-state index in [4.69, 9.17) is 9.47 Å². The lowest BCUT2D eigenvalue weighted by atomic mass is 10.0. The van der Waals surface area contributed by atoms with Crippen molar-refractivity contribution in [1.29, 1.82) is 0 Å². The summed E-state index contributed by atoms with van der Waals surface area (Å²) in [5, 5.41) is 0. The predicted octanol–water partition coefficient (Wildman–Crippen LogP) is 3.14. The van der Waals surface area contributed by atoms with Crippen molar-refractivity contribution in [2.75, 3.05) is 13.7 Å². The summed E-state index contributed by atoms with van der Waals surface area (Å²) < 4.78 is 10.9. The van der Waals surface area contributed by atoms with E-state index in [-0.39, 0.29) is 18.2 Å². The molecule has 6 heteroatoms. The van der Waals surface area contributed by atoms with Crippen LogP contribution in [0.4, 0.5) is 4.79 Å². The molecule has 2 heterocycles. The Labute approximate surface area is 117 Å². The van der Waals surface area contributed by atoms with Gasteiger partial charge in [0.25, 0.3) is 0 Å². The van der Waals surface area contributed by atoms with Gasteiger partial charge >= 0.3 is 6.09 Å². The molecule has 0 saturated heterocycles. The summed E-state index contributed by atoms with van der Waals surface area (Å²) in [6.45, 7) is 8.07. The lowest BCUT2D eigenvalue weighted by Crippen LogP contribution is -2.43. The Morgan fingerprint density at radius 3 is 2.79 bits per heavy atom. The van der Waals surface area contributed by atoms with E-state index < -0.39 is 5.60 Å². The quantitative estimate of drug-likeness (QED) is 0.795. The summed E-state index contributed by atoms with van der Waals surface area (Å²) in [4.78, 5) is 19.4. The van der Waals surface area contributed by atoms with Gasteiger partial charge in [0.15, 0.2) is 0 Å². The van der Waals surface area contributed by atoms with E-state index in [1.54, 1.807) is 28.9 Å². The molecule has 0 aliphatic carbocycles. The molecule has 106 valence electrons. The maximum absolute atomic E-state index is 12.2. The molecule has 0 fully saturated rings. The zero-order chi connectivity index (χ0) is 14.2. The van der Waals surface area contributed by atoms with Crippen LogP contribution in [0, 0.1) is 0 Å². The first-order valence-electron chi connectivity index (χ1n) is 6.29. The first-order valence-corrected chi connectivity index (χ1v) is 7.17. The fourth-order valence-electron chi connectivity index (χ4n) is 2.12. The van der Waals surface area contributed by atoms with Crippen LogP contribution in [-0.4, -0.2) is 35.2 Å². The third kappa shape index (κ3) is 2.90. The first kappa shape index (κ1) is 14.3. The summed E-state index contributed by atoms with van der Waals surface area (Å²) in [6, 6.07) is -0.0243. The van der Waals surface area contributed by atoms with Gasteiger partial charge in [-0.25, -0.2) is 9.78 Å². The number of hydrogen-bond acceptors (Lipinski definition) is 5. The van der Waals surface area contributed by atoms with Crippen LogP contribution >= 0.6 is 11.3 Å². The molecule has 1 aromatic heterocycles. The third-order valence-corrected chi connectivity index (χ3v) is 4.07. The highest BCUT2D eigenvalue weighted by Crippen LogP contribution is 2.38. The lowest BCUT2D eigenvalue weighted by molar-refractivity contribution is -0.00900. The summed E-state index contributed by atoms with van der Waals surface area (Å²) in [5.41, 5.74) is 2.25. The summed E-state index contributed by atoms with van der Waals surface area (Å²) in [6.07, 6.45) is -0.480. The van der Waals surface area contributed by atoms with Gasteiger partial charge in [0.1, 0.15) is 11.7 Å². The van der Waals surface area contributed by atoms with Crippen molar-refractivity contribution >= 4 is 17.4 Å². The van der Waals surface area contributed by atoms with Crippen molar-refractivity contribution in [2.24, 2.45) is 0 Å². The molecule has 0 radical (unpaired) electrons. The van der Waals surface area contributed by atoms with E-state index in [2.05, 4.69) is 4.98 Å². The van der Waals surface area contributed by atoms with E-state index in [0.29, 0.717) is 6.54 Å². The van der Waals surface area contributed by atoms with E-state index in [0.717, 1.165) is 10.6 Å². The minimum absolute atomic E-state index is 0.0243. The number of amides is 1. The van der Waals surface area contributed by atoms with Gasteiger partial charge in [-0.1, -0.05) is 0 Å². The van der Waals surface area contributed by atoms with Gasteiger partial charge in [-0.3, -0.25) is 4.90 Å². The van der Waals surface area contributed by atoms with E-state index in [1.807, 2.05) is 27.7 Å². The molecule has 1 aliphatic heterocycles. The van der Waals surface area contributed by atoms with Crippen LogP contribution in [0.25, 0.3) is 0 Å². The molecule has 2 rings (SSSR count). The van der Waals surface area contributed by atoms with Gasteiger partial charge in [-0.15, -0.1) is 11.3 Å². The SMILES string of the molecule is CO[C@H]1CN(C(=O)OC(C)(C)C)[C@H](C)c2scnc21. The molecule has 5 nitrogen and oxygen atoms in total. The van der Waals surface area contributed by atoms with Crippen LogP contribution in [0.3, 0.4) is 0 Å². The van der Waals surface area contributed by atoms with Gasteiger partial charge in [0, 0.05) is 7.11 Å².